The molecule has 0 amide bonds. The minimum atomic E-state index is -0.00614. The molecule has 0 aliphatic heterocycles. The van der Waals surface area contributed by atoms with E-state index in [2.05, 4.69) is 21.0 Å². The number of rotatable bonds is 3. The number of aromatic amines is 1. The van der Waals surface area contributed by atoms with Crippen molar-refractivity contribution in [2.45, 2.75) is 6.42 Å². The van der Waals surface area contributed by atoms with Crippen LogP contribution in [0.1, 0.15) is 5.56 Å². The van der Waals surface area contributed by atoms with Crippen molar-refractivity contribution in [1.82, 2.24) is 9.78 Å². The second-order valence-electron chi connectivity index (χ2n) is 3.88. The number of H-pyrrole nitrogens is 1. The summed E-state index contributed by atoms with van der Waals surface area (Å²) in [5, 5.41) is 3.07. The largest absolute Gasteiger partial charge is 0.330 e. The molecule has 0 atom stereocenters. The third-order valence-corrected chi connectivity index (χ3v) is 3.20. The summed E-state index contributed by atoms with van der Waals surface area (Å²) < 4.78 is 2.50. The molecule has 2 rings (SSSR count). The number of nitrogens with two attached hydrogens (primary N) is 1. The topological polar surface area (TPSA) is 63.8 Å². The van der Waals surface area contributed by atoms with Crippen molar-refractivity contribution in [3.05, 3.63) is 44.7 Å². The standard InChI is InChI=1S/C12H14BrN3O/c1-16-12(17)10(6-7-14)11(15-16)8-2-4-9(13)5-3-8/h2-5,15H,6-7,14H2,1H3. The highest BCUT2D eigenvalue weighted by Gasteiger charge is 2.12. The molecule has 0 radical (unpaired) electrons. The summed E-state index contributed by atoms with van der Waals surface area (Å²) in [4.78, 5) is 11.9. The molecule has 3 N–H and O–H groups in total. The maximum atomic E-state index is 11.9. The number of benzene rings is 1. The van der Waals surface area contributed by atoms with Crippen molar-refractivity contribution in [2.75, 3.05) is 6.54 Å². The smallest absolute Gasteiger partial charge is 0.270 e. The van der Waals surface area contributed by atoms with E-state index in [-0.39, 0.29) is 5.56 Å². The molecule has 0 saturated carbocycles. The number of aromatic nitrogens is 2. The second kappa shape index (κ2) is 4.89. The monoisotopic (exact) mass is 295 g/mol. The van der Waals surface area contributed by atoms with E-state index in [4.69, 9.17) is 5.73 Å². The summed E-state index contributed by atoms with van der Waals surface area (Å²) in [5.74, 6) is 0. The van der Waals surface area contributed by atoms with Crippen molar-refractivity contribution in [3.8, 4) is 11.3 Å². The molecular weight excluding hydrogens is 282 g/mol. The molecule has 17 heavy (non-hydrogen) atoms. The Balaban J connectivity index is 2.54. The molecular formula is C12H14BrN3O. The van der Waals surface area contributed by atoms with E-state index >= 15 is 0 Å². The summed E-state index contributed by atoms with van der Waals surface area (Å²) in [6.07, 6.45) is 0.585. The van der Waals surface area contributed by atoms with E-state index < -0.39 is 0 Å². The molecule has 90 valence electrons. The van der Waals surface area contributed by atoms with Crippen LogP contribution >= 0.6 is 15.9 Å². The molecule has 0 fully saturated rings. The summed E-state index contributed by atoms with van der Waals surface area (Å²) in [6.45, 7) is 0.469. The zero-order valence-electron chi connectivity index (χ0n) is 9.53. The van der Waals surface area contributed by atoms with E-state index in [1.54, 1.807) is 7.05 Å². The average Bonchev–Trinajstić information content (AvgIpc) is 2.59. The van der Waals surface area contributed by atoms with E-state index in [9.17, 15) is 4.79 Å². The third kappa shape index (κ3) is 2.35. The highest BCUT2D eigenvalue weighted by Crippen LogP contribution is 2.21. The highest BCUT2D eigenvalue weighted by molar-refractivity contribution is 9.10. The first-order valence-electron chi connectivity index (χ1n) is 5.37. The maximum Gasteiger partial charge on any atom is 0.270 e. The molecule has 1 aromatic carbocycles. The molecule has 5 heteroatoms. The van der Waals surface area contributed by atoms with Crippen LogP contribution in [-0.2, 0) is 13.5 Å². The Morgan fingerprint density at radius 1 is 1.35 bits per heavy atom. The predicted molar refractivity (Wildman–Crippen MR) is 71.9 cm³/mol. The first kappa shape index (κ1) is 12.1. The molecule has 1 aromatic heterocycles. The van der Waals surface area contributed by atoms with Gasteiger partial charge in [0.2, 0.25) is 0 Å². The molecule has 0 unspecified atom stereocenters. The van der Waals surface area contributed by atoms with E-state index in [1.807, 2.05) is 24.3 Å². The fourth-order valence-corrected chi connectivity index (χ4v) is 2.09. The van der Waals surface area contributed by atoms with Gasteiger partial charge >= 0.3 is 0 Å². The van der Waals surface area contributed by atoms with Gasteiger partial charge in [-0.1, -0.05) is 28.1 Å². The fourth-order valence-electron chi connectivity index (χ4n) is 1.83. The number of hydrogen-bond acceptors (Lipinski definition) is 2. The highest BCUT2D eigenvalue weighted by atomic mass is 79.9. The number of halogens is 1. The summed E-state index contributed by atoms with van der Waals surface area (Å²) in [5.41, 5.74) is 8.13. The van der Waals surface area contributed by atoms with Gasteiger partial charge in [-0.25, -0.2) is 0 Å². The van der Waals surface area contributed by atoms with Gasteiger partial charge in [0.1, 0.15) is 0 Å². The van der Waals surface area contributed by atoms with Crippen LogP contribution in [0.3, 0.4) is 0 Å². The molecule has 0 spiro atoms. The Labute approximate surface area is 108 Å². The number of aryl methyl sites for hydroxylation is 1. The van der Waals surface area contributed by atoms with Gasteiger partial charge in [-0.2, -0.15) is 0 Å². The number of hydrogen-bond donors (Lipinski definition) is 2. The van der Waals surface area contributed by atoms with Gasteiger partial charge in [-0.3, -0.25) is 14.6 Å². The normalized spacial score (nSPS) is 10.8. The van der Waals surface area contributed by atoms with Crippen molar-refractivity contribution in [3.63, 3.8) is 0 Å². The van der Waals surface area contributed by atoms with E-state index in [1.165, 1.54) is 4.68 Å². The Bertz CT molecular complexity index is 568. The van der Waals surface area contributed by atoms with Crippen molar-refractivity contribution < 1.29 is 0 Å². The van der Waals surface area contributed by atoms with Gasteiger partial charge in [-0.15, -0.1) is 0 Å². The summed E-state index contributed by atoms with van der Waals surface area (Å²) in [7, 11) is 1.71. The number of nitrogens with zero attached hydrogens (tertiary/aromatic N) is 1. The first-order chi connectivity index (χ1) is 8.13. The van der Waals surface area contributed by atoms with Crippen LogP contribution < -0.4 is 11.3 Å². The van der Waals surface area contributed by atoms with E-state index in [0.717, 1.165) is 21.3 Å². The average molecular weight is 296 g/mol. The van der Waals surface area contributed by atoms with Crippen molar-refractivity contribution in [1.29, 1.82) is 0 Å². The van der Waals surface area contributed by atoms with Crippen LogP contribution in [-0.4, -0.2) is 16.3 Å². The molecule has 2 aromatic rings. The van der Waals surface area contributed by atoms with Crippen molar-refractivity contribution in [2.24, 2.45) is 12.8 Å². The summed E-state index contributed by atoms with van der Waals surface area (Å²) in [6, 6.07) is 7.84. The Morgan fingerprint density at radius 3 is 2.59 bits per heavy atom. The van der Waals surface area contributed by atoms with Gasteiger partial charge in [0.25, 0.3) is 5.56 Å². The van der Waals surface area contributed by atoms with Gasteiger partial charge < -0.3 is 5.73 Å². The Morgan fingerprint density at radius 2 is 2.00 bits per heavy atom. The lowest BCUT2D eigenvalue weighted by atomic mass is 10.1. The van der Waals surface area contributed by atoms with Crippen LogP contribution in [0.25, 0.3) is 11.3 Å². The van der Waals surface area contributed by atoms with Gasteiger partial charge in [0.05, 0.1) is 5.69 Å². The van der Waals surface area contributed by atoms with E-state index in [0.29, 0.717) is 13.0 Å². The SMILES string of the molecule is Cn1[nH]c(-c2ccc(Br)cc2)c(CCN)c1=O. The van der Waals surface area contributed by atoms with Crippen LogP contribution in [0.4, 0.5) is 0 Å². The molecule has 0 aliphatic carbocycles. The zero-order valence-corrected chi connectivity index (χ0v) is 11.1. The number of nitrogens with one attached hydrogen (secondary N) is 1. The zero-order chi connectivity index (χ0) is 12.4. The lowest BCUT2D eigenvalue weighted by Gasteiger charge is -2.01. The first-order valence-corrected chi connectivity index (χ1v) is 6.16. The van der Waals surface area contributed by atoms with Crippen molar-refractivity contribution >= 4 is 15.9 Å². The molecule has 0 bridgehead atoms. The lowest BCUT2D eigenvalue weighted by molar-refractivity contribution is 0.739. The molecule has 0 aliphatic rings. The van der Waals surface area contributed by atoms with Crippen LogP contribution in [0.5, 0.6) is 0 Å². The predicted octanol–water partition coefficient (Wildman–Crippen LogP) is 1.64. The Hall–Kier alpha value is -1.33. The minimum absolute atomic E-state index is 0.00614. The van der Waals surface area contributed by atoms with Gasteiger partial charge in [-0.05, 0) is 30.7 Å². The Kier molecular flexibility index (Phi) is 3.49. The lowest BCUT2D eigenvalue weighted by Crippen LogP contribution is -2.17. The van der Waals surface area contributed by atoms with Crippen LogP contribution in [0.2, 0.25) is 0 Å². The maximum absolute atomic E-state index is 11.9. The van der Waals surface area contributed by atoms with Crippen LogP contribution in [0.15, 0.2) is 33.5 Å². The third-order valence-electron chi connectivity index (χ3n) is 2.67. The summed E-state index contributed by atoms with van der Waals surface area (Å²) >= 11 is 3.39. The van der Waals surface area contributed by atoms with Gasteiger partial charge in [0.15, 0.2) is 0 Å². The molecule has 1 heterocycles. The van der Waals surface area contributed by atoms with Gasteiger partial charge in [0, 0.05) is 17.1 Å². The fraction of sp³-hybridized carbons (Fsp3) is 0.250. The molecule has 4 nitrogen and oxygen atoms in total. The quantitative estimate of drug-likeness (QED) is 0.904. The van der Waals surface area contributed by atoms with Crippen LogP contribution in [0, 0.1) is 0 Å². The minimum Gasteiger partial charge on any atom is -0.330 e. The molecule has 0 saturated heterocycles. The second-order valence-corrected chi connectivity index (χ2v) is 4.79.